The number of aromatic nitrogens is 3. The number of benzene rings is 1. The summed E-state index contributed by atoms with van der Waals surface area (Å²) in [6.07, 6.45) is 3.95. The zero-order chi connectivity index (χ0) is 22.1. The molecule has 1 aromatic carbocycles. The smallest absolute Gasteiger partial charge is 0.272 e. The van der Waals surface area contributed by atoms with Gasteiger partial charge >= 0.3 is 0 Å². The Morgan fingerprint density at radius 1 is 1.22 bits per heavy atom. The summed E-state index contributed by atoms with van der Waals surface area (Å²) in [6.45, 7) is 4.23. The van der Waals surface area contributed by atoms with Crippen LogP contribution in [0.5, 0.6) is 0 Å². The number of thiophene rings is 1. The Morgan fingerprint density at radius 3 is 2.88 bits per heavy atom. The lowest BCUT2D eigenvalue weighted by Gasteiger charge is -2.30. The highest BCUT2D eigenvalue weighted by Gasteiger charge is 2.23. The van der Waals surface area contributed by atoms with E-state index in [1.165, 1.54) is 29.5 Å². The van der Waals surface area contributed by atoms with Crippen LogP contribution in [0.25, 0.3) is 20.4 Å². The van der Waals surface area contributed by atoms with E-state index in [1.807, 2.05) is 47.4 Å². The Labute approximate surface area is 194 Å². The molecule has 1 aliphatic heterocycles. The lowest BCUT2D eigenvalue weighted by Crippen LogP contribution is -2.40. The molecule has 4 aromatic rings. The number of piperidine rings is 1. The van der Waals surface area contributed by atoms with Crippen LogP contribution in [0.1, 0.15) is 25.3 Å². The topological polar surface area (TPSA) is 68.1 Å². The quantitative estimate of drug-likeness (QED) is 0.323. The molecule has 1 saturated heterocycles. The van der Waals surface area contributed by atoms with Crippen molar-refractivity contribution in [3.8, 4) is 0 Å². The minimum absolute atomic E-state index is 0.0802. The van der Waals surface area contributed by atoms with Crippen molar-refractivity contribution < 1.29 is 4.79 Å². The van der Waals surface area contributed by atoms with E-state index in [9.17, 15) is 9.59 Å². The predicted octanol–water partition coefficient (Wildman–Crippen LogP) is 4.41. The molecule has 1 atom stereocenters. The molecule has 0 saturated carbocycles. The molecule has 8 heteroatoms. The summed E-state index contributed by atoms with van der Waals surface area (Å²) >= 11 is 2.73. The van der Waals surface area contributed by atoms with Gasteiger partial charge in [-0.25, -0.2) is 9.97 Å². The van der Waals surface area contributed by atoms with E-state index in [4.69, 9.17) is 4.98 Å². The average molecular weight is 465 g/mol. The van der Waals surface area contributed by atoms with E-state index in [1.54, 1.807) is 10.8 Å². The molecule has 0 aliphatic carbocycles. The fourth-order valence-corrected chi connectivity index (χ4v) is 6.12. The summed E-state index contributed by atoms with van der Waals surface area (Å²) in [5.41, 5.74) is 1.62. The Bertz CT molecular complexity index is 1330. The molecule has 0 radical (unpaired) electrons. The predicted molar refractivity (Wildman–Crippen MR) is 130 cm³/mol. The van der Waals surface area contributed by atoms with Gasteiger partial charge < -0.3 is 4.90 Å². The second-order valence-electron chi connectivity index (χ2n) is 8.28. The molecule has 0 bridgehead atoms. The third kappa shape index (κ3) is 4.17. The van der Waals surface area contributed by atoms with Crippen molar-refractivity contribution in [2.75, 3.05) is 18.8 Å². The minimum Gasteiger partial charge on any atom is -0.342 e. The third-order valence-corrected chi connectivity index (χ3v) is 7.89. The van der Waals surface area contributed by atoms with E-state index in [0.29, 0.717) is 27.8 Å². The Morgan fingerprint density at radius 2 is 2.06 bits per heavy atom. The maximum absolute atomic E-state index is 13.5. The van der Waals surface area contributed by atoms with Crippen LogP contribution in [0.4, 0.5) is 0 Å². The molecule has 1 amide bonds. The van der Waals surface area contributed by atoms with Gasteiger partial charge in [0.05, 0.1) is 17.8 Å². The first-order valence-corrected chi connectivity index (χ1v) is 12.6. The van der Waals surface area contributed by atoms with Gasteiger partial charge in [-0.3, -0.25) is 14.2 Å². The van der Waals surface area contributed by atoms with Crippen LogP contribution >= 0.6 is 23.1 Å². The normalized spacial score (nSPS) is 16.7. The van der Waals surface area contributed by atoms with Crippen LogP contribution < -0.4 is 5.56 Å². The van der Waals surface area contributed by atoms with Crippen molar-refractivity contribution in [2.45, 2.75) is 31.5 Å². The van der Waals surface area contributed by atoms with Crippen LogP contribution in [0.15, 0.2) is 58.6 Å². The van der Waals surface area contributed by atoms with Crippen molar-refractivity contribution in [1.82, 2.24) is 19.4 Å². The van der Waals surface area contributed by atoms with Crippen LogP contribution in [-0.4, -0.2) is 44.2 Å². The second kappa shape index (κ2) is 9.03. The summed E-state index contributed by atoms with van der Waals surface area (Å²) in [6, 6.07) is 13.7. The van der Waals surface area contributed by atoms with Crippen molar-refractivity contribution in [3.05, 3.63) is 64.6 Å². The van der Waals surface area contributed by atoms with Gasteiger partial charge in [0, 0.05) is 24.7 Å². The number of likely N-dealkylation sites (tertiary alicyclic amines) is 1. The molecule has 6 nitrogen and oxygen atoms in total. The zero-order valence-electron chi connectivity index (χ0n) is 17.9. The van der Waals surface area contributed by atoms with Crippen molar-refractivity contribution in [1.29, 1.82) is 0 Å². The molecule has 32 heavy (non-hydrogen) atoms. The number of nitrogens with zero attached hydrogens (tertiary/aromatic N) is 4. The van der Waals surface area contributed by atoms with Crippen LogP contribution in [0.2, 0.25) is 0 Å². The maximum atomic E-state index is 13.5. The van der Waals surface area contributed by atoms with Crippen molar-refractivity contribution >= 4 is 49.4 Å². The molecule has 1 aliphatic rings. The fourth-order valence-electron chi connectivity index (χ4n) is 4.19. The number of carbonyl (C=O) groups is 1. The summed E-state index contributed by atoms with van der Waals surface area (Å²) < 4.78 is 2.30. The third-order valence-electron chi connectivity index (χ3n) is 5.84. The molecule has 3 aromatic heterocycles. The number of carbonyl (C=O) groups excluding carboxylic acids is 1. The Balaban J connectivity index is 1.52. The lowest BCUT2D eigenvalue weighted by atomic mass is 10.0. The number of amides is 1. The summed E-state index contributed by atoms with van der Waals surface area (Å²) in [5.74, 6) is 0.923. The first-order valence-electron chi connectivity index (χ1n) is 10.8. The second-order valence-corrected chi connectivity index (χ2v) is 10.2. The largest absolute Gasteiger partial charge is 0.342 e. The van der Waals surface area contributed by atoms with Crippen LogP contribution in [-0.2, 0) is 11.3 Å². The van der Waals surface area contributed by atoms with Gasteiger partial charge in [0.2, 0.25) is 5.91 Å². The van der Waals surface area contributed by atoms with E-state index in [-0.39, 0.29) is 17.2 Å². The van der Waals surface area contributed by atoms with Gasteiger partial charge in [0.1, 0.15) is 9.53 Å². The highest BCUT2D eigenvalue weighted by atomic mass is 32.2. The van der Waals surface area contributed by atoms with Gasteiger partial charge in [-0.1, -0.05) is 49.0 Å². The Hall–Kier alpha value is -2.71. The summed E-state index contributed by atoms with van der Waals surface area (Å²) in [5, 5.41) is 1.46. The Kier molecular flexibility index (Phi) is 5.97. The molecular weight excluding hydrogens is 440 g/mol. The average Bonchev–Trinajstić information content (AvgIpc) is 3.19. The van der Waals surface area contributed by atoms with E-state index in [0.717, 1.165) is 35.3 Å². The maximum Gasteiger partial charge on any atom is 0.272 e. The van der Waals surface area contributed by atoms with Crippen molar-refractivity contribution in [3.63, 3.8) is 0 Å². The number of thioether (sulfide) groups is 1. The van der Waals surface area contributed by atoms with E-state index in [2.05, 4.69) is 11.9 Å². The zero-order valence-corrected chi connectivity index (χ0v) is 19.5. The minimum atomic E-state index is -0.0802. The van der Waals surface area contributed by atoms with Gasteiger partial charge in [-0.05, 0) is 36.5 Å². The molecule has 0 spiro atoms. The number of rotatable bonds is 5. The number of pyridine rings is 1. The van der Waals surface area contributed by atoms with Gasteiger partial charge in [-0.15, -0.1) is 11.3 Å². The van der Waals surface area contributed by atoms with Gasteiger partial charge in [0.15, 0.2) is 5.16 Å². The molecule has 164 valence electrons. The first-order chi connectivity index (χ1) is 15.6. The van der Waals surface area contributed by atoms with Gasteiger partial charge in [0.25, 0.3) is 5.56 Å². The number of hydrogen-bond acceptors (Lipinski definition) is 6. The van der Waals surface area contributed by atoms with Crippen LogP contribution in [0.3, 0.4) is 0 Å². The highest BCUT2D eigenvalue weighted by molar-refractivity contribution is 7.99. The standard InChI is InChI=1S/C24H24N4O2S2/c1-16-7-6-12-27(13-16)19(29)15-31-24-26-20-18-10-5-11-25-22(18)32-21(20)23(30)28(24)14-17-8-3-2-4-9-17/h2-5,8-11,16H,6-7,12-15H2,1H3/t16-/m0/s1. The molecule has 4 heterocycles. The molecule has 1 fully saturated rings. The van der Waals surface area contributed by atoms with E-state index >= 15 is 0 Å². The van der Waals surface area contributed by atoms with Gasteiger partial charge in [-0.2, -0.15) is 0 Å². The molecule has 5 rings (SSSR count). The summed E-state index contributed by atoms with van der Waals surface area (Å²) in [4.78, 5) is 38.4. The lowest BCUT2D eigenvalue weighted by molar-refractivity contribution is -0.130. The fraction of sp³-hybridized carbons (Fsp3) is 0.333. The molecule has 0 unspecified atom stereocenters. The van der Waals surface area contributed by atoms with E-state index < -0.39 is 0 Å². The summed E-state index contributed by atoms with van der Waals surface area (Å²) in [7, 11) is 0. The highest BCUT2D eigenvalue weighted by Crippen LogP contribution is 2.31. The van der Waals surface area contributed by atoms with Crippen LogP contribution in [0, 0.1) is 5.92 Å². The van der Waals surface area contributed by atoms with Crippen molar-refractivity contribution in [2.24, 2.45) is 5.92 Å². The number of fused-ring (bicyclic) bond motifs is 3. The number of hydrogen-bond donors (Lipinski definition) is 0. The SMILES string of the molecule is C[C@H]1CCCN(C(=O)CSc2nc3c(sc4ncccc43)c(=O)n2Cc2ccccc2)C1. The molecule has 0 N–H and O–H groups in total. The monoisotopic (exact) mass is 464 g/mol. The molecular formula is C24H24N4O2S2. The first kappa shape index (κ1) is 21.2.